The number of aliphatic imine (C=N–C) groups is 1. The minimum absolute atomic E-state index is 0.245. The molecule has 0 saturated heterocycles. The van der Waals surface area contributed by atoms with E-state index in [-0.39, 0.29) is 18.0 Å². The van der Waals surface area contributed by atoms with E-state index in [1.54, 1.807) is 0 Å². The number of aromatic nitrogens is 3. The molecule has 1 aliphatic heterocycles. The van der Waals surface area contributed by atoms with E-state index >= 15 is 0 Å². The van der Waals surface area contributed by atoms with Crippen molar-refractivity contribution in [1.29, 1.82) is 0 Å². The van der Waals surface area contributed by atoms with Gasteiger partial charge in [-0.1, -0.05) is 0 Å². The molecule has 1 aromatic heterocycles. The van der Waals surface area contributed by atoms with Gasteiger partial charge in [0.25, 0.3) is 0 Å². The second kappa shape index (κ2) is 1.71. The van der Waals surface area contributed by atoms with Gasteiger partial charge in [-0.25, -0.2) is 23.8 Å². The molecule has 2 rings (SSSR count). The molecule has 6 nitrogen and oxygen atoms in total. The van der Waals surface area contributed by atoms with E-state index in [0.29, 0.717) is 0 Å². The second-order valence-corrected chi connectivity index (χ2v) is 2.31. The van der Waals surface area contributed by atoms with Crippen LogP contribution in [0.4, 0.5) is 0 Å². The summed E-state index contributed by atoms with van der Waals surface area (Å²) in [6.45, 7) is 0.245. The van der Waals surface area contributed by atoms with Crippen molar-refractivity contribution in [3.05, 3.63) is 21.0 Å². The molecule has 1 aromatic rings. The molecule has 0 atom stereocenters. The van der Waals surface area contributed by atoms with Gasteiger partial charge < -0.3 is 0 Å². The van der Waals surface area contributed by atoms with Crippen LogP contribution in [0, 0.1) is 0 Å². The quantitative estimate of drug-likeness (QED) is 0.442. The lowest BCUT2D eigenvalue weighted by Crippen LogP contribution is -2.26. The van der Waals surface area contributed by atoms with Gasteiger partial charge in [0, 0.05) is 7.05 Å². The van der Waals surface area contributed by atoms with Crippen molar-refractivity contribution >= 4 is 6.34 Å². The van der Waals surface area contributed by atoms with Crippen LogP contribution in [0.3, 0.4) is 0 Å². The van der Waals surface area contributed by atoms with Crippen molar-refractivity contribution in [1.82, 2.24) is 13.9 Å². The largest absolute Gasteiger partial charge is 0.352 e. The molecular formula is C5H6N4O2. The first-order valence-corrected chi connectivity index (χ1v) is 3.10. The third-order valence-corrected chi connectivity index (χ3v) is 1.66. The molecule has 0 saturated carbocycles. The van der Waals surface area contributed by atoms with E-state index in [2.05, 4.69) is 4.99 Å². The van der Waals surface area contributed by atoms with Gasteiger partial charge >= 0.3 is 11.4 Å². The summed E-state index contributed by atoms with van der Waals surface area (Å²) in [4.78, 5) is 26.0. The number of hydrogen-bond donors (Lipinski definition) is 0. The highest BCUT2D eigenvalue weighted by Crippen LogP contribution is 1.85. The van der Waals surface area contributed by atoms with Gasteiger partial charge in [0.15, 0.2) is 0 Å². The van der Waals surface area contributed by atoms with Crippen molar-refractivity contribution in [2.75, 3.05) is 0 Å². The molecule has 0 fully saturated rings. The second-order valence-electron chi connectivity index (χ2n) is 2.31. The summed E-state index contributed by atoms with van der Waals surface area (Å²) in [5.41, 5.74) is -0.677. The van der Waals surface area contributed by atoms with Gasteiger partial charge in [-0.2, -0.15) is 4.68 Å². The summed E-state index contributed by atoms with van der Waals surface area (Å²) in [6, 6.07) is 0. The predicted octanol–water partition coefficient (Wildman–Crippen LogP) is -1.80. The third-order valence-electron chi connectivity index (χ3n) is 1.66. The Morgan fingerprint density at radius 2 is 2.18 bits per heavy atom. The van der Waals surface area contributed by atoms with Gasteiger partial charge in [0.1, 0.15) is 13.0 Å². The Balaban J connectivity index is 2.97. The van der Waals surface area contributed by atoms with E-state index in [9.17, 15) is 9.59 Å². The molecule has 0 bridgehead atoms. The number of rotatable bonds is 0. The van der Waals surface area contributed by atoms with Gasteiger partial charge in [-0.15, -0.1) is 0 Å². The van der Waals surface area contributed by atoms with Crippen molar-refractivity contribution in [3.8, 4) is 0 Å². The minimum atomic E-state index is -0.351. The monoisotopic (exact) mass is 154 g/mol. The van der Waals surface area contributed by atoms with Gasteiger partial charge in [-0.3, -0.25) is 0 Å². The molecule has 1 aliphatic rings. The fourth-order valence-electron chi connectivity index (χ4n) is 1.04. The summed E-state index contributed by atoms with van der Waals surface area (Å²) in [5, 5.41) is 0. The highest BCUT2D eigenvalue weighted by molar-refractivity contribution is 5.57. The summed E-state index contributed by atoms with van der Waals surface area (Å²) in [7, 11) is 1.44. The van der Waals surface area contributed by atoms with E-state index < -0.39 is 0 Å². The maximum atomic E-state index is 11.1. The van der Waals surface area contributed by atoms with Crippen molar-refractivity contribution in [2.24, 2.45) is 12.0 Å². The van der Waals surface area contributed by atoms with Crippen LogP contribution in [0.25, 0.3) is 0 Å². The average Bonchev–Trinajstić information content (AvgIpc) is 2.53. The van der Waals surface area contributed by atoms with Crippen LogP contribution in [0.15, 0.2) is 14.6 Å². The van der Waals surface area contributed by atoms with E-state index in [1.807, 2.05) is 0 Å². The maximum absolute atomic E-state index is 11.1. The number of fused-ring (bicyclic) bond motifs is 1. The SMILES string of the molecule is Cn1c(=O)n2n(c1=O)CN=C2. The average molecular weight is 154 g/mol. The molecule has 2 heterocycles. The minimum Gasteiger partial charge on any atom is -0.250 e. The molecular weight excluding hydrogens is 148 g/mol. The predicted molar refractivity (Wildman–Crippen MR) is 37.8 cm³/mol. The number of hydrogen-bond acceptors (Lipinski definition) is 3. The molecule has 0 aromatic carbocycles. The third kappa shape index (κ3) is 0.580. The highest BCUT2D eigenvalue weighted by atomic mass is 16.2. The molecule has 0 amide bonds. The van der Waals surface area contributed by atoms with E-state index in [0.717, 1.165) is 4.57 Å². The molecule has 0 N–H and O–H groups in total. The first-order valence-electron chi connectivity index (χ1n) is 3.10. The molecule has 6 heteroatoms. The smallest absolute Gasteiger partial charge is 0.250 e. The van der Waals surface area contributed by atoms with Crippen molar-refractivity contribution in [3.63, 3.8) is 0 Å². The lowest BCUT2D eigenvalue weighted by atomic mass is 11.0. The molecule has 0 aliphatic carbocycles. The van der Waals surface area contributed by atoms with Crippen LogP contribution in [-0.2, 0) is 13.7 Å². The van der Waals surface area contributed by atoms with E-state index in [4.69, 9.17) is 0 Å². The van der Waals surface area contributed by atoms with Crippen LogP contribution >= 0.6 is 0 Å². The Bertz CT molecular complexity index is 432. The fourth-order valence-corrected chi connectivity index (χ4v) is 1.04. The van der Waals surface area contributed by atoms with Crippen molar-refractivity contribution < 1.29 is 0 Å². The Hall–Kier alpha value is -1.59. The van der Waals surface area contributed by atoms with Crippen molar-refractivity contribution in [2.45, 2.75) is 6.67 Å². The summed E-state index contributed by atoms with van der Waals surface area (Å²) < 4.78 is 3.51. The normalized spacial score (nSPS) is 13.9. The van der Waals surface area contributed by atoms with Gasteiger partial charge in [0.2, 0.25) is 0 Å². The Kier molecular flexibility index (Phi) is 0.957. The zero-order valence-corrected chi connectivity index (χ0v) is 5.89. The summed E-state index contributed by atoms with van der Waals surface area (Å²) in [5.74, 6) is 0. The summed E-state index contributed by atoms with van der Waals surface area (Å²) >= 11 is 0. The molecule has 58 valence electrons. The first-order chi connectivity index (χ1) is 5.22. The Labute approximate surface area is 61.0 Å². The molecule has 11 heavy (non-hydrogen) atoms. The topological polar surface area (TPSA) is 61.3 Å². The Morgan fingerprint density at radius 3 is 2.82 bits per heavy atom. The van der Waals surface area contributed by atoms with Crippen LogP contribution in [0.1, 0.15) is 0 Å². The van der Waals surface area contributed by atoms with Crippen LogP contribution in [0.5, 0.6) is 0 Å². The summed E-state index contributed by atoms with van der Waals surface area (Å²) in [6.07, 6.45) is 1.35. The molecule has 0 radical (unpaired) electrons. The van der Waals surface area contributed by atoms with Crippen LogP contribution in [-0.4, -0.2) is 20.3 Å². The zero-order valence-electron chi connectivity index (χ0n) is 5.89. The van der Waals surface area contributed by atoms with Crippen LogP contribution < -0.4 is 11.4 Å². The lowest BCUT2D eigenvalue weighted by Gasteiger charge is -1.88. The maximum Gasteiger partial charge on any atom is 0.352 e. The van der Waals surface area contributed by atoms with Crippen LogP contribution in [0.2, 0.25) is 0 Å². The fraction of sp³-hybridized carbons (Fsp3) is 0.400. The molecule has 0 spiro atoms. The molecule has 0 unspecified atom stereocenters. The van der Waals surface area contributed by atoms with E-state index in [1.165, 1.54) is 22.7 Å². The standard InChI is InChI=1S/C5H6N4O2/c1-7-4(10)8-2-6-3-9(8)5(7)11/h2H,3H2,1H3. The number of nitrogens with zero attached hydrogens (tertiary/aromatic N) is 4. The first kappa shape index (κ1) is 6.14. The zero-order chi connectivity index (χ0) is 8.01. The Morgan fingerprint density at radius 1 is 1.45 bits per heavy atom. The lowest BCUT2D eigenvalue weighted by molar-refractivity contribution is 0.606. The highest BCUT2D eigenvalue weighted by Gasteiger charge is 2.13. The van der Waals surface area contributed by atoms with Gasteiger partial charge in [0.05, 0.1) is 0 Å². The van der Waals surface area contributed by atoms with Gasteiger partial charge in [-0.05, 0) is 0 Å².